The van der Waals surface area contributed by atoms with Crippen LogP contribution in [0.4, 0.5) is 11.4 Å². The highest BCUT2D eigenvalue weighted by Crippen LogP contribution is 2.65. The summed E-state index contributed by atoms with van der Waals surface area (Å²) in [6.07, 6.45) is -0.999. The highest BCUT2D eigenvalue weighted by molar-refractivity contribution is 6.24. The lowest BCUT2D eigenvalue weighted by molar-refractivity contribution is -0.384. The van der Waals surface area contributed by atoms with Crippen LogP contribution in [0.2, 0.25) is 0 Å². The molecule has 182 valence electrons. The average Bonchev–Trinajstić information content (AvgIpc) is 3.14. The molecule has 8 heteroatoms. The van der Waals surface area contributed by atoms with Crippen LogP contribution in [0.15, 0.2) is 66.7 Å². The predicted octanol–water partition coefficient (Wildman–Crippen LogP) is 3.93. The highest BCUT2D eigenvalue weighted by Gasteiger charge is 2.70. The Hall–Kier alpha value is -4.04. The second-order valence-corrected chi connectivity index (χ2v) is 9.55. The molecule has 7 rings (SSSR count). The van der Waals surface area contributed by atoms with Gasteiger partial charge in [0.25, 0.3) is 5.69 Å². The number of carbonyl (C=O) groups is 2. The van der Waals surface area contributed by atoms with E-state index in [2.05, 4.69) is 0 Å². The summed E-state index contributed by atoms with van der Waals surface area (Å²) in [7, 11) is 0. The van der Waals surface area contributed by atoms with Crippen molar-refractivity contribution in [1.82, 2.24) is 0 Å². The fourth-order valence-electron chi connectivity index (χ4n) is 6.87. The first-order chi connectivity index (χ1) is 17.3. The summed E-state index contributed by atoms with van der Waals surface area (Å²) in [6.45, 7) is 3.73. The molecule has 3 aromatic carbocycles. The lowest BCUT2D eigenvalue weighted by Gasteiger charge is -2.55. The quantitative estimate of drug-likeness (QED) is 0.334. The standard InChI is InChI=1S/C28H24N2O6/c1-3-36-16-12-13-21(22(14-16)30(34)35)29-26(32)24-23-17-8-4-6-10-19(17)28(15(2)31,25(24)27(29)33)20-11-7-5-9-18(20)23/h4-15,23-25,31H,3H2,1-2H3/t15-,23?,24+,25+,28?/m1/s1. The van der Waals surface area contributed by atoms with Gasteiger partial charge in [0.15, 0.2) is 0 Å². The third-order valence-corrected chi connectivity index (χ3v) is 8.04. The predicted molar refractivity (Wildman–Crippen MR) is 131 cm³/mol. The Morgan fingerprint density at radius 3 is 2.19 bits per heavy atom. The normalized spacial score (nSPS) is 26.3. The maximum atomic E-state index is 14.2. The summed E-state index contributed by atoms with van der Waals surface area (Å²) in [5.74, 6) is -2.83. The third kappa shape index (κ3) is 2.62. The van der Waals surface area contributed by atoms with Crippen molar-refractivity contribution in [2.45, 2.75) is 31.3 Å². The fraction of sp³-hybridized carbons (Fsp3) is 0.286. The SMILES string of the molecule is CCOc1ccc(N2C(=O)[C@@H]3[C@@H](C2=O)C2c4ccccc4C3([C@@H](C)O)c3ccccc32)c([N+](=O)[O-])c1. The number of carbonyl (C=O) groups excluding carboxylic acids is 2. The molecule has 0 unspecified atom stereocenters. The number of hydrogen-bond acceptors (Lipinski definition) is 6. The van der Waals surface area contributed by atoms with Gasteiger partial charge in [-0.15, -0.1) is 0 Å². The number of imide groups is 1. The fourth-order valence-corrected chi connectivity index (χ4v) is 6.87. The van der Waals surface area contributed by atoms with E-state index in [0.717, 1.165) is 27.2 Å². The maximum Gasteiger partial charge on any atom is 0.297 e. The van der Waals surface area contributed by atoms with E-state index >= 15 is 0 Å². The number of aliphatic hydroxyl groups is 1. The number of nitro benzene ring substituents is 1. The summed E-state index contributed by atoms with van der Waals surface area (Å²) in [5.41, 5.74) is 1.85. The number of hydrogen-bond donors (Lipinski definition) is 1. The van der Waals surface area contributed by atoms with Crippen molar-refractivity contribution in [3.05, 3.63) is 99.1 Å². The van der Waals surface area contributed by atoms with Crippen molar-refractivity contribution in [3.63, 3.8) is 0 Å². The Kier molecular flexibility index (Phi) is 4.82. The zero-order chi connectivity index (χ0) is 25.4. The smallest absolute Gasteiger partial charge is 0.297 e. The molecule has 3 aliphatic carbocycles. The molecule has 0 saturated carbocycles. The molecule has 36 heavy (non-hydrogen) atoms. The highest BCUT2D eigenvalue weighted by atomic mass is 16.6. The van der Waals surface area contributed by atoms with Crippen LogP contribution in [-0.4, -0.2) is 34.6 Å². The van der Waals surface area contributed by atoms with Crippen molar-refractivity contribution < 1.29 is 24.4 Å². The molecular formula is C28H24N2O6. The Labute approximate surface area is 207 Å². The largest absolute Gasteiger partial charge is 0.494 e. The minimum Gasteiger partial charge on any atom is -0.494 e. The molecule has 0 aromatic heterocycles. The zero-order valence-corrected chi connectivity index (χ0v) is 19.8. The van der Waals surface area contributed by atoms with Gasteiger partial charge < -0.3 is 9.84 Å². The number of ether oxygens (including phenoxy) is 1. The molecule has 1 saturated heterocycles. The molecule has 4 aliphatic rings. The molecule has 0 radical (unpaired) electrons. The van der Waals surface area contributed by atoms with Gasteiger partial charge in [-0.05, 0) is 48.2 Å². The Morgan fingerprint density at radius 1 is 1.03 bits per heavy atom. The number of aliphatic hydroxyl groups excluding tert-OH is 1. The zero-order valence-electron chi connectivity index (χ0n) is 19.8. The summed E-state index contributed by atoms with van der Waals surface area (Å²) >= 11 is 0. The number of nitro groups is 1. The van der Waals surface area contributed by atoms with Gasteiger partial charge in [-0.2, -0.15) is 0 Å². The molecule has 2 bridgehead atoms. The van der Waals surface area contributed by atoms with Crippen molar-refractivity contribution in [3.8, 4) is 5.75 Å². The van der Waals surface area contributed by atoms with E-state index in [1.807, 2.05) is 48.5 Å². The van der Waals surface area contributed by atoms with Crippen molar-refractivity contribution >= 4 is 23.2 Å². The van der Waals surface area contributed by atoms with E-state index in [-0.39, 0.29) is 17.1 Å². The van der Waals surface area contributed by atoms with Crippen molar-refractivity contribution in [1.29, 1.82) is 0 Å². The van der Waals surface area contributed by atoms with E-state index in [1.165, 1.54) is 18.2 Å². The minimum atomic E-state index is -1.16. The average molecular weight is 485 g/mol. The van der Waals surface area contributed by atoms with Crippen LogP contribution in [0, 0.1) is 22.0 Å². The molecule has 2 amide bonds. The van der Waals surface area contributed by atoms with Gasteiger partial charge in [-0.3, -0.25) is 19.7 Å². The topological polar surface area (TPSA) is 110 Å². The van der Waals surface area contributed by atoms with E-state index in [9.17, 15) is 24.8 Å². The molecule has 3 atom stereocenters. The van der Waals surface area contributed by atoms with Gasteiger partial charge in [-0.25, -0.2) is 4.90 Å². The Balaban J connectivity index is 1.60. The lowest BCUT2D eigenvalue weighted by atomic mass is 9.46. The van der Waals surface area contributed by atoms with Gasteiger partial charge in [-0.1, -0.05) is 48.5 Å². The van der Waals surface area contributed by atoms with Crippen LogP contribution < -0.4 is 9.64 Å². The first-order valence-electron chi connectivity index (χ1n) is 12.0. The monoisotopic (exact) mass is 484 g/mol. The van der Waals surface area contributed by atoms with E-state index in [4.69, 9.17) is 4.74 Å². The molecular weight excluding hydrogens is 460 g/mol. The summed E-state index contributed by atoms with van der Waals surface area (Å²) in [5, 5.41) is 23.4. The van der Waals surface area contributed by atoms with Crippen molar-refractivity contribution in [2.24, 2.45) is 11.8 Å². The van der Waals surface area contributed by atoms with Crippen LogP contribution >= 0.6 is 0 Å². The van der Waals surface area contributed by atoms with E-state index < -0.39 is 46.0 Å². The van der Waals surface area contributed by atoms with Crippen LogP contribution in [0.25, 0.3) is 0 Å². The molecule has 1 N–H and O–H groups in total. The van der Waals surface area contributed by atoms with E-state index in [0.29, 0.717) is 6.61 Å². The van der Waals surface area contributed by atoms with Gasteiger partial charge in [0.05, 0.1) is 41.0 Å². The van der Waals surface area contributed by atoms with E-state index in [1.54, 1.807) is 13.8 Å². The maximum absolute atomic E-state index is 14.2. The third-order valence-electron chi connectivity index (χ3n) is 8.04. The number of rotatable bonds is 5. The number of nitrogens with zero attached hydrogens (tertiary/aromatic N) is 2. The minimum absolute atomic E-state index is 0.0823. The lowest BCUT2D eigenvalue weighted by Crippen LogP contribution is -2.58. The second kappa shape index (κ2) is 7.73. The van der Waals surface area contributed by atoms with Crippen LogP contribution in [0.3, 0.4) is 0 Å². The summed E-state index contributed by atoms with van der Waals surface area (Å²) < 4.78 is 5.41. The first kappa shape index (κ1) is 22.4. The van der Waals surface area contributed by atoms with Crippen LogP contribution in [0.1, 0.15) is 42.0 Å². The van der Waals surface area contributed by atoms with Crippen LogP contribution in [-0.2, 0) is 15.0 Å². The van der Waals surface area contributed by atoms with Crippen molar-refractivity contribution in [2.75, 3.05) is 11.5 Å². The van der Waals surface area contributed by atoms with Gasteiger partial charge in [0.1, 0.15) is 11.4 Å². The first-order valence-corrected chi connectivity index (χ1v) is 12.0. The van der Waals surface area contributed by atoms with Gasteiger partial charge >= 0.3 is 0 Å². The Bertz CT molecular complexity index is 1400. The second-order valence-electron chi connectivity index (χ2n) is 9.55. The molecule has 0 spiro atoms. The molecule has 8 nitrogen and oxygen atoms in total. The van der Waals surface area contributed by atoms with Gasteiger partial charge in [0, 0.05) is 5.92 Å². The number of benzene rings is 3. The summed E-state index contributed by atoms with van der Waals surface area (Å²) in [4.78, 5) is 40.6. The molecule has 1 aliphatic heterocycles. The molecule has 3 aromatic rings. The number of amides is 2. The Morgan fingerprint density at radius 2 is 1.64 bits per heavy atom. The van der Waals surface area contributed by atoms with Gasteiger partial charge in [0.2, 0.25) is 11.8 Å². The molecule has 1 fully saturated rings. The van der Waals surface area contributed by atoms with Crippen LogP contribution in [0.5, 0.6) is 5.75 Å². The molecule has 1 heterocycles. The number of anilines is 1. The summed E-state index contributed by atoms with van der Waals surface area (Å²) in [6, 6.07) is 19.4.